The lowest BCUT2D eigenvalue weighted by Crippen LogP contribution is -2.29. The summed E-state index contributed by atoms with van der Waals surface area (Å²) in [6, 6.07) is 13.9. The molecule has 0 aromatic heterocycles. The van der Waals surface area contributed by atoms with Crippen LogP contribution in [0.1, 0.15) is 29.8 Å². The quantitative estimate of drug-likeness (QED) is 0.508. The molecule has 0 radical (unpaired) electrons. The summed E-state index contributed by atoms with van der Waals surface area (Å²) in [4.78, 5) is 25.0. The molecular formula is C20H19BrClNO3. The Balaban J connectivity index is 2.27. The number of amides is 1. The van der Waals surface area contributed by atoms with Gasteiger partial charge >= 0.3 is 5.97 Å². The van der Waals surface area contributed by atoms with E-state index in [4.69, 9.17) is 16.3 Å². The van der Waals surface area contributed by atoms with E-state index in [0.717, 1.165) is 5.56 Å². The van der Waals surface area contributed by atoms with Gasteiger partial charge in [-0.1, -0.05) is 49.7 Å². The molecule has 0 heterocycles. The molecule has 6 heteroatoms. The minimum atomic E-state index is -0.589. The number of benzene rings is 2. The number of halogens is 2. The summed E-state index contributed by atoms with van der Waals surface area (Å²) in [5.74, 6) is -0.803. The van der Waals surface area contributed by atoms with Gasteiger partial charge in [0.15, 0.2) is 0 Å². The first-order chi connectivity index (χ1) is 12.4. The van der Waals surface area contributed by atoms with E-state index in [1.54, 1.807) is 48.5 Å². The van der Waals surface area contributed by atoms with Crippen molar-refractivity contribution in [2.45, 2.75) is 13.8 Å². The zero-order valence-electron chi connectivity index (χ0n) is 14.5. The van der Waals surface area contributed by atoms with Crippen LogP contribution in [0.15, 0.2) is 58.7 Å². The zero-order chi connectivity index (χ0) is 19.1. The highest BCUT2D eigenvalue weighted by Crippen LogP contribution is 2.17. The van der Waals surface area contributed by atoms with Crippen molar-refractivity contribution in [2.24, 2.45) is 5.92 Å². The van der Waals surface area contributed by atoms with Crippen LogP contribution in [0.3, 0.4) is 0 Å². The smallest absolute Gasteiger partial charge is 0.354 e. The third-order valence-corrected chi connectivity index (χ3v) is 4.26. The fourth-order valence-corrected chi connectivity index (χ4v) is 2.62. The van der Waals surface area contributed by atoms with Crippen LogP contribution in [-0.2, 0) is 9.53 Å². The summed E-state index contributed by atoms with van der Waals surface area (Å²) in [5, 5.41) is 3.23. The van der Waals surface area contributed by atoms with Crippen LogP contribution in [0.5, 0.6) is 0 Å². The first kappa shape index (κ1) is 20.2. The Hall–Kier alpha value is -2.11. The molecule has 0 aliphatic rings. The highest BCUT2D eigenvalue weighted by Gasteiger charge is 2.17. The summed E-state index contributed by atoms with van der Waals surface area (Å²) in [6.45, 7) is 4.15. The summed E-state index contributed by atoms with van der Waals surface area (Å²) >= 11 is 9.23. The molecule has 0 aliphatic heterocycles. The molecule has 4 nitrogen and oxygen atoms in total. The van der Waals surface area contributed by atoms with Crippen molar-refractivity contribution in [3.05, 3.63) is 74.9 Å². The van der Waals surface area contributed by atoms with Gasteiger partial charge < -0.3 is 10.1 Å². The lowest BCUT2D eigenvalue weighted by atomic mass is 10.1. The number of carbonyl (C=O) groups is 2. The van der Waals surface area contributed by atoms with Crippen LogP contribution in [0.2, 0.25) is 5.02 Å². The second-order valence-corrected chi connectivity index (χ2v) is 7.33. The lowest BCUT2D eigenvalue weighted by molar-refractivity contribution is -0.140. The molecule has 136 valence electrons. The first-order valence-corrected chi connectivity index (χ1v) is 9.24. The van der Waals surface area contributed by atoms with Crippen LogP contribution in [0, 0.1) is 5.92 Å². The van der Waals surface area contributed by atoms with Crippen LogP contribution >= 0.6 is 27.5 Å². The van der Waals surface area contributed by atoms with Gasteiger partial charge in [0, 0.05) is 9.50 Å². The van der Waals surface area contributed by atoms with E-state index in [9.17, 15) is 9.59 Å². The van der Waals surface area contributed by atoms with E-state index >= 15 is 0 Å². The van der Waals surface area contributed by atoms with Gasteiger partial charge in [-0.3, -0.25) is 4.79 Å². The summed E-state index contributed by atoms with van der Waals surface area (Å²) in [7, 11) is 0. The third-order valence-electron chi connectivity index (χ3n) is 3.32. The van der Waals surface area contributed by atoms with Crippen LogP contribution in [-0.4, -0.2) is 18.5 Å². The molecule has 0 bridgehead atoms. The lowest BCUT2D eigenvalue weighted by Gasteiger charge is -2.12. The number of ether oxygens (including phenoxy) is 1. The molecule has 1 amide bonds. The van der Waals surface area contributed by atoms with Crippen molar-refractivity contribution in [2.75, 3.05) is 6.61 Å². The topological polar surface area (TPSA) is 55.4 Å². The molecule has 2 aromatic carbocycles. The average molecular weight is 437 g/mol. The highest BCUT2D eigenvalue weighted by molar-refractivity contribution is 9.10. The van der Waals surface area contributed by atoms with Crippen molar-refractivity contribution in [1.29, 1.82) is 0 Å². The molecule has 0 spiro atoms. The number of esters is 1. The standard InChI is InChI=1S/C20H19BrClNO3/c1-13(2)12-26-20(25)18(11-14-7-9-15(22)10-8-14)23-19(24)16-5-3-4-6-17(16)21/h3-11,13H,12H2,1-2H3,(H,23,24). The van der Waals surface area contributed by atoms with Gasteiger partial charge in [0.05, 0.1) is 12.2 Å². The van der Waals surface area contributed by atoms with Gasteiger partial charge in [0.1, 0.15) is 5.70 Å². The van der Waals surface area contributed by atoms with Gasteiger partial charge in [0.25, 0.3) is 5.91 Å². The van der Waals surface area contributed by atoms with E-state index in [0.29, 0.717) is 15.1 Å². The molecule has 0 fully saturated rings. The van der Waals surface area contributed by atoms with Gasteiger partial charge in [0.2, 0.25) is 0 Å². The molecule has 0 aliphatic carbocycles. The fraction of sp³-hybridized carbons (Fsp3) is 0.200. The maximum absolute atomic E-state index is 12.6. The van der Waals surface area contributed by atoms with Crippen molar-refractivity contribution >= 4 is 45.5 Å². The number of hydrogen-bond donors (Lipinski definition) is 1. The Bertz CT molecular complexity index is 816. The molecular weight excluding hydrogens is 418 g/mol. The van der Waals surface area contributed by atoms with Gasteiger partial charge in [-0.25, -0.2) is 4.79 Å². The van der Waals surface area contributed by atoms with Gasteiger partial charge in [-0.2, -0.15) is 0 Å². The highest BCUT2D eigenvalue weighted by atomic mass is 79.9. The number of rotatable bonds is 6. The average Bonchev–Trinajstić information content (AvgIpc) is 2.61. The van der Waals surface area contributed by atoms with Gasteiger partial charge in [-0.15, -0.1) is 0 Å². The number of hydrogen-bond acceptors (Lipinski definition) is 3. The predicted octanol–water partition coefficient (Wildman–Crippen LogP) is 5.07. The normalized spacial score (nSPS) is 11.3. The van der Waals surface area contributed by atoms with E-state index in [2.05, 4.69) is 21.2 Å². The molecule has 2 rings (SSSR count). The minimum Gasteiger partial charge on any atom is -0.461 e. The Kier molecular flexibility index (Phi) is 7.42. The zero-order valence-corrected chi connectivity index (χ0v) is 16.8. The minimum absolute atomic E-state index is 0.0636. The van der Waals surface area contributed by atoms with Gasteiger partial charge in [-0.05, 0) is 57.8 Å². The van der Waals surface area contributed by atoms with Crippen LogP contribution in [0.4, 0.5) is 0 Å². The second-order valence-electron chi connectivity index (χ2n) is 6.04. The largest absolute Gasteiger partial charge is 0.461 e. The molecule has 2 aromatic rings. The number of nitrogens with one attached hydrogen (secondary N) is 1. The first-order valence-electron chi connectivity index (χ1n) is 8.07. The molecule has 0 saturated heterocycles. The summed E-state index contributed by atoms with van der Waals surface area (Å²) in [5.41, 5.74) is 1.21. The Morgan fingerprint density at radius 1 is 1.15 bits per heavy atom. The third kappa shape index (κ3) is 6.00. The van der Waals surface area contributed by atoms with Crippen LogP contribution < -0.4 is 5.32 Å². The maximum atomic E-state index is 12.6. The monoisotopic (exact) mass is 435 g/mol. The fourth-order valence-electron chi connectivity index (χ4n) is 2.03. The van der Waals surface area contributed by atoms with E-state index in [1.165, 1.54) is 0 Å². The summed E-state index contributed by atoms with van der Waals surface area (Å²) < 4.78 is 5.91. The second kappa shape index (κ2) is 9.55. The maximum Gasteiger partial charge on any atom is 0.354 e. The molecule has 0 saturated carbocycles. The Labute approximate surface area is 166 Å². The predicted molar refractivity (Wildman–Crippen MR) is 107 cm³/mol. The molecule has 26 heavy (non-hydrogen) atoms. The van der Waals surface area contributed by atoms with Crippen molar-refractivity contribution in [3.63, 3.8) is 0 Å². The van der Waals surface area contributed by atoms with Crippen molar-refractivity contribution < 1.29 is 14.3 Å². The Morgan fingerprint density at radius 2 is 1.81 bits per heavy atom. The van der Waals surface area contributed by atoms with E-state index in [-0.39, 0.29) is 18.2 Å². The Morgan fingerprint density at radius 3 is 2.42 bits per heavy atom. The SMILES string of the molecule is CC(C)COC(=O)C(=Cc1ccc(Cl)cc1)NC(=O)c1ccccc1Br. The van der Waals surface area contributed by atoms with Crippen molar-refractivity contribution in [1.82, 2.24) is 5.32 Å². The molecule has 0 atom stereocenters. The molecule has 1 N–H and O–H groups in total. The van der Waals surface area contributed by atoms with E-state index < -0.39 is 11.9 Å². The van der Waals surface area contributed by atoms with E-state index in [1.807, 2.05) is 19.9 Å². The number of carbonyl (C=O) groups excluding carboxylic acids is 2. The summed E-state index contributed by atoms with van der Waals surface area (Å²) in [6.07, 6.45) is 1.56. The molecule has 0 unspecified atom stereocenters. The van der Waals surface area contributed by atoms with Crippen molar-refractivity contribution in [3.8, 4) is 0 Å². The van der Waals surface area contributed by atoms with Crippen LogP contribution in [0.25, 0.3) is 6.08 Å².